The van der Waals surface area contributed by atoms with Gasteiger partial charge in [0.15, 0.2) is 0 Å². The highest BCUT2D eigenvalue weighted by Gasteiger charge is 1.92. The lowest BCUT2D eigenvalue weighted by molar-refractivity contribution is 0.736. The predicted molar refractivity (Wildman–Crippen MR) is 48.6 cm³/mol. The van der Waals surface area contributed by atoms with Crippen LogP contribution in [0.1, 0.15) is 11.9 Å². The summed E-state index contributed by atoms with van der Waals surface area (Å²) in [5, 5.41) is 6.35. The summed E-state index contributed by atoms with van der Waals surface area (Å²) >= 11 is 1.67. The van der Waals surface area contributed by atoms with Crippen LogP contribution in [0.2, 0.25) is 0 Å². The molecule has 0 saturated carbocycles. The van der Waals surface area contributed by atoms with Gasteiger partial charge in [-0.25, -0.2) is 4.98 Å². The maximum atomic E-state index is 4.14. The molecule has 0 aliphatic heterocycles. The zero-order chi connectivity index (χ0) is 8.10. The molecule has 2 nitrogen and oxygen atoms in total. The molecule has 0 aromatic carbocycles. The normalized spacial score (nSPS) is 9.91. The van der Waals surface area contributed by atoms with E-state index in [1.807, 2.05) is 18.5 Å². The fraction of sp³-hybridized carbons (Fsp3) is 0.375. The number of hydrogen-bond donors (Lipinski definition) is 1. The van der Waals surface area contributed by atoms with Crippen LogP contribution >= 0.6 is 11.3 Å². The first-order valence-electron chi connectivity index (χ1n) is 3.52. The number of thiazole rings is 1. The van der Waals surface area contributed by atoms with E-state index < -0.39 is 0 Å². The topological polar surface area (TPSA) is 24.9 Å². The van der Waals surface area contributed by atoms with Crippen LogP contribution in [0.15, 0.2) is 23.7 Å². The fourth-order valence-electron chi connectivity index (χ4n) is 0.723. The van der Waals surface area contributed by atoms with Crippen molar-refractivity contribution in [2.75, 3.05) is 6.54 Å². The average Bonchev–Trinajstić information content (AvgIpc) is 2.39. The van der Waals surface area contributed by atoms with Crippen LogP contribution in [0.5, 0.6) is 0 Å². The van der Waals surface area contributed by atoms with Gasteiger partial charge in [-0.3, -0.25) is 0 Å². The van der Waals surface area contributed by atoms with E-state index in [0.29, 0.717) is 0 Å². The van der Waals surface area contributed by atoms with Crippen molar-refractivity contribution in [3.63, 3.8) is 0 Å². The van der Waals surface area contributed by atoms with Gasteiger partial charge in [0.05, 0.1) is 0 Å². The summed E-state index contributed by atoms with van der Waals surface area (Å²) < 4.78 is 0. The van der Waals surface area contributed by atoms with Crippen molar-refractivity contribution < 1.29 is 0 Å². The first-order valence-corrected chi connectivity index (χ1v) is 4.40. The molecule has 1 N–H and O–H groups in total. The number of hydrogen-bond acceptors (Lipinski definition) is 3. The minimum atomic E-state index is 0.852. The Kier molecular flexibility index (Phi) is 3.26. The number of nitrogens with one attached hydrogen (secondary N) is 1. The summed E-state index contributed by atoms with van der Waals surface area (Å²) in [5.74, 6) is 0. The Bertz CT molecular complexity index is 216. The summed E-state index contributed by atoms with van der Waals surface area (Å²) in [4.78, 5) is 4.14. The lowest BCUT2D eigenvalue weighted by Gasteiger charge is -1.99. The molecule has 0 aliphatic carbocycles. The van der Waals surface area contributed by atoms with Crippen LogP contribution < -0.4 is 5.32 Å². The van der Waals surface area contributed by atoms with E-state index in [9.17, 15) is 0 Å². The Morgan fingerprint density at radius 3 is 3.18 bits per heavy atom. The van der Waals surface area contributed by atoms with Gasteiger partial charge in [0.1, 0.15) is 5.01 Å². The molecular formula is C8H12N2S. The third-order valence-corrected chi connectivity index (χ3v) is 1.97. The van der Waals surface area contributed by atoms with Gasteiger partial charge in [-0.1, -0.05) is 12.2 Å². The smallest absolute Gasteiger partial charge is 0.106 e. The zero-order valence-corrected chi connectivity index (χ0v) is 7.45. The molecule has 0 fully saturated rings. The lowest BCUT2D eigenvalue weighted by atomic mass is 10.3. The van der Waals surface area contributed by atoms with Crippen molar-refractivity contribution in [2.45, 2.75) is 13.5 Å². The summed E-state index contributed by atoms with van der Waals surface area (Å²) in [6.45, 7) is 7.53. The molecule has 0 unspecified atom stereocenters. The van der Waals surface area contributed by atoms with Gasteiger partial charge in [0, 0.05) is 24.7 Å². The number of rotatable bonds is 4. The van der Waals surface area contributed by atoms with Gasteiger partial charge >= 0.3 is 0 Å². The molecule has 1 heterocycles. The Labute approximate surface area is 71.0 Å². The summed E-state index contributed by atoms with van der Waals surface area (Å²) in [7, 11) is 0. The SMILES string of the molecule is C=C(C)CNCc1nccs1. The Morgan fingerprint density at radius 1 is 1.82 bits per heavy atom. The van der Waals surface area contributed by atoms with E-state index in [0.717, 1.165) is 23.7 Å². The molecule has 0 spiro atoms. The minimum Gasteiger partial charge on any atom is -0.307 e. The van der Waals surface area contributed by atoms with Crippen LogP contribution in [-0.2, 0) is 6.54 Å². The Morgan fingerprint density at radius 2 is 2.64 bits per heavy atom. The van der Waals surface area contributed by atoms with Crippen LogP contribution in [0.3, 0.4) is 0 Å². The summed E-state index contributed by atoms with van der Waals surface area (Å²) in [6.07, 6.45) is 1.82. The summed E-state index contributed by atoms with van der Waals surface area (Å²) in [5.41, 5.74) is 1.15. The Balaban J connectivity index is 2.19. The van der Waals surface area contributed by atoms with Crippen molar-refractivity contribution in [3.05, 3.63) is 28.7 Å². The molecule has 1 rings (SSSR count). The van der Waals surface area contributed by atoms with E-state index in [4.69, 9.17) is 0 Å². The second-order valence-electron chi connectivity index (χ2n) is 2.49. The van der Waals surface area contributed by atoms with Crippen molar-refractivity contribution >= 4 is 11.3 Å². The van der Waals surface area contributed by atoms with Crippen LogP contribution in [0.25, 0.3) is 0 Å². The highest BCUT2D eigenvalue weighted by atomic mass is 32.1. The molecule has 11 heavy (non-hydrogen) atoms. The third kappa shape index (κ3) is 3.30. The molecule has 0 radical (unpaired) electrons. The van der Waals surface area contributed by atoms with Crippen LogP contribution in [0.4, 0.5) is 0 Å². The molecule has 0 amide bonds. The van der Waals surface area contributed by atoms with Crippen molar-refractivity contribution in [1.82, 2.24) is 10.3 Å². The standard InChI is InChI=1S/C8H12N2S/c1-7(2)5-9-6-8-10-3-4-11-8/h3-4,9H,1,5-6H2,2H3. The quantitative estimate of drug-likeness (QED) is 0.693. The molecule has 1 aromatic rings. The van der Waals surface area contributed by atoms with Crippen molar-refractivity contribution in [2.24, 2.45) is 0 Å². The van der Waals surface area contributed by atoms with Gasteiger partial charge in [0.25, 0.3) is 0 Å². The molecule has 0 aliphatic rings. The monoisotopic (exact) mass is 168 g/mol. The highest BCUT2D eigenvalue weighted by Crippen LogP contribution is 2.02. The second kappa shape index (κ2) is 4.26. The predicted octanol–water partition coefficient (Wildman–Crippen LogP) is 1.81. The molecule has 0 bridgehead atoms. The highest BCUT2D eigenvalue weighted by molar-refractivity contribution is 7.09. The van der Waals surface area contributed by atoms with E-state index >= 15 is 0 Å². The first-order chi connectivity index (χ1) is 5.29. The fourth-order valence-corrected chi connectivity index (χ4v) is 1.31. The molecular weight excluding hydrogens is 156 g/mol. The molecule has 1 aromatic heterocycles. The van der Waals surface area contributed by atoms with Gasteiger partial charge in [-0.15, -0.1) is 11.3 Å². The number of nitrogens with zero attached hydrogens (tertiary/aromatic N) is 1. The third-order valence-electron chi connectivity index (χ3n) is 1.19. The maximum Gasteiger partial charge on any atom is 0.106 e. The second-order valence-corrected chi connectivity index (χ2v) is 3.47. The van der Waals surface area contributed by atoms with Crippen LogP contribution in [0, 0.1) is 0 Å². The largest absolute Gasteiger partial charge is 0.307 e. The van der Waals surface area contributed by atoms with E-state index in [1.54, 1.807) is 11.3 Å². The molecule has 0 atom stereocenters. The first kappa shape index (κ1) is 8.43. The van der Waals surface area contributed by atoms with Crippen LogP contribution in [-0.4, -0.2) is 11.5 Å². The van der Waals surface area contributed by atoms with E-state index in [-0.39, 0.29) is 0 Å². The average molecular weight is 168 g/mol. The van der Waals surface area contributed by atoms with E-state index in [1.165, 1.54) is 0 Å². The lowest BCUT2D eigenvalue weighted by Crippen LogP contribution is -2.14. The maximum absolute atomic E-state index is 4.14. The van der Waals surface area contributed by atoms with Gasteiger partial charge < -0.3 is 5.32 Å². The van der Waals surface area contributed by atoms with E-state index in [2.05, 4.69) is 16.9 Å². The zero-order valence-electron chi connectivity index (χ0n) is 6.63. The summed E-state index contributed by atoms with van der Waals surface area (Å²) in [6, 6.07) is 0. The Hall–Kier alpha value is -0.670. The van der Waals surface area contributed by atoms with Gasteiger partial charge in [-0.2, -0.15) is 0 Å². The van der Waals surface area contributed by atoms with Gasteiger partial charge in [0.2, 0.25) is 0 Å². The minimum absolute atomic E-state index is 0.852. The van der Waals surface area contributed by atoms with Crippen molar-refractivity contribution in [3.8, 4) is 0 Å². The van der Waals surface area contributed by atoms with Gasteiger partial charge in [-0.05, 0) is 6.92 Å². The molecule has 60 valence electrons. The molecule has 3 heteroatoms. The number of aromatic nitrogens is 1. The van der Waals surface area contributed by atoms with Crippen molar-refractivity contribution in [1.29, 1.82) is 0 Å². The molecule has 0 saturated heterocycles.